The molecular formula is C25H36O2. The first-order chi connectivity index (χ1) is 12.7. The predicted molar refractivity (Wildman–Crippen MR) is 115 cm³/mol. The lowest BCUT2D eigenvalue weighted by Gasteiger charge is -2.25. The summed E-state index contributed by atoms with van der Waals surface area (Å²) >= 11 is 0. The third-order valence-corrected chi connectivity index (χ3v) is 6.28. The van der Waals surface area contributed by atoms with Crippen molar-refractivity contribution < 1.29 is 10.2 Å². The highest BCUT2D eigenvalue weighted by atomic mass is 16.3. The maximum Gasteiger partial charge on any atom is 0.119 e. The van der Waals surface area contributed by atoms with E-state index in [1.807, 2.05) is 12.1 Å². The standard InChI is InChI=1S/C25H36O2/c1-8-15(4)22-13-20(17(6)11-24(22)26)19(10-3)21-14-23(16(5)9-2)25(27)12-18(21)7/h11-16,19,26-27H,8-10H2,1-7H3. The van der Waals surface area contributed by atoms with Crippen LogP contribution in [0.5, 0.6) is 11.5 Å². The maximum atomic E-state index is 10.4. The molecule has 0 fully saturated rings. The Morgan fingerprint density at radius 3 is 1.30 bits per heavy atom. The average molecular weight is 369 g/mol. The molecule has 2 nitrogen and oxygen atoms in total. The van der Waals surface area contributed by atoms with Crippen LogP contribution >= 0.6 is 0 Å². The average Bonchev–Trinajstić information content (AvgIpc) is 2.64. The van der Waals surface area contributed by atoms with E-state index in [0.29, 0.717) is 23.3 Å². The van der Waals surface area contributed by atoms with Gasteiger partial charge in [-0.1, -0.05) is 46.8 Å². The quantitative estimate of drug-likeness (QED) is 0.539. The minimum Gasteiger partial charge on any atom is -0.508 e. The van der Waals surface area contributed by atoms with Gasteiger partial charge in [-0.3, -0.25) is 0 Å². The van der Waals surface area contributed by atoms with E-state index in [9.17, 15) is 10.2 Å². The van der Waals surface area contributed by atoms with Crippen molar-refractivity contribution in [3.63, 3.8) is 0 Å². The monoisotopic (exact) mass is 368 g/mol. The van der Waals surface area contributed by atoms with Gasteiger partial charge in [0.2, 0.25) is 0 Å². The Morgan fingerprint density at radius 2 is 1.00 bits per heavy atom. The van der Waals surface area contributed by atoms with E-state index in [-0.39, 0.29) is 5.92 Å². The van der Waals surface area contributed by atoms with Crippen molar-refractivity contribution in [2.24, 2.45) is 0 Å². The van der Waals surface area contributed by atoms with Crippen LogP contribution in [0.4, 0.5) is 0 Å². The zero-order valence-corrected chi connectivity index (χ0v) is 18.1. The van der Waals surface area contributed by atoms with Gasteiger partial charge in [0.05, 0.1) is 0 Å². The molecule has 2 rings (SSSR count). The molecule has 0 aliphatic rings. The normalized spacial score (nSPS) is 14.8. The van der Waals surface area contributed by atoms with Crippen molar-refractivity contribution in [2.45, 2.75) is 85.5 Å². The van der Waals surface area contributed by atoms with Crippen molar-refractivity contribution in [1.82, 2.24) is 0 Å². The van der Waals surface area contributed by atoms with E-state index < -0.39 is 0 Å². The van der Waals surface area contributed by atoms with Crippen LogP contribution in [0, 0.1) is 13.8 Å². The molecule has 2 atom stereocenters. The lowest BCUT2D eigenvalue weighted by Crippen LogP contribution is -2.08. The summed E-state index contributed by atoms with van der Waals surface area (Å²) in [5, 5.41) is 20.9. The van der Waals surface area contributed by atoms with Gasteiger partial charge in [-0.25, -0.2) is 0 Å². The van der Waals surface area contributed by atoms with Crippen LogP contribution in [0.1, 0.15) is 105 Å². The molecule has 148 valence electrons. The molecule has 27 heavy (non-hydrogen) atoms. The molecule has 0 heterocycles. The minimum absolute atomic E-state index is 0.261. The number of aromatic hydroxyl groups is 2. The largest absolute Gasteiger partial charge is 0.508 e. The first-order valence-electron chi connectivity index (χ1n) is 10.4. The number of hydrogen-bond acceptors (Lipinski definition) is 2. The summed E-state index contributed by atoms with van der Waals surface area (Å²) in [7, 11) is 0. The molecule has 0 saturated carbocycles. The summed E-state index contributed by atoms with van der Waals surface area (Å²) < 4.78 is 0. The van der Waals surface area contributed by atoms with Crippen LogP contribution in [0.25, 0.3) is 0 Å². The van der Waals surface area contributed by atoms with Gasteiger partial charge in [-0.15, -0.1) is 0 Å². The number of phenolic OH excluding ortho intramolecular Hbond substituents is 2. The molecule has 0 spiro atoms. The molecule has 0 bridgehead atoms. The second-order valence-corrected chi connectivity index (χ2v) is 8.11. The smallest absolute Gasteiger partial charge is 0.119 e. The SMILES string of the molecule is CCC(C)c1cc(C(CC)c2cc(C(C)CC)c(O)cc2C)c(C)cc1O. The second-order valence-electron chi connectivity index (χ2n) is 8.11. The predicted octanol–water partition coefficient (Wildman–Crippen LogP) is 7.28. The highest BCUT2D eigenvalue weighted by Crippen LogP contribution is 2.40. The van der Waals surface area contributed by atoms with Gasteiger partial charge in [0.15, 0.2) is 0 Å². The minimum atomic E-state index is 0.261. The fraction of sp³-hybridized carbons (Fsp3) is 0.520. The molecular weight excluding hydrogens is 332 g/mol. The van der Waals surface area contributed by atoms with E-state index in [2.05, 4.69) is 60.6 Å². The van der Waals surface area contributed by atoms with Crippen molar-refractivity contribution in [1.29, 1.82) is 0 Å². The van der Waals surface area contributed by atoms with Crippen LogP contribution in [0.15, 0.2) is 24.3 Å². The summed E-state index contributed by atoms with van der Waals surface area (Å²) in [4.78, 5) is 0. The van der Waals surface area contributed by atoms with Gasteiger partial charge < -0.3 is 10.2 Å². The molecule has 0 radical (unpaired) electrons. The fourth-order valence-electron chi connectivity index (χ4n) is 4.04. The first kappa shape index (κ1) is 21.3. The van der Waals surface area contributed by atoms with E-state index in [1.54, 1.807) is 0 Å². The van der Waals surface area contributed by atoms with Crippen LogP contribution in [0.3, 0.4) is 0 Å². The topological polar surface area (TPSA) is 40.5 Å². The van der Waals surface area contributed by atoms with Crippen molar-refractivity contribution >= 4 is 0 Å². The highest BCUT2D eigenvalue weighted by Gasteiger charge is 2.22. The number of phenols is 2. The molecule has 2 aromatic rings. The van der Waals surface area contributed by atoms with E-state index in [1.165, 1.54) is 11.1 Å². The van der Waals surface area contributed by atoms with Gasteiger partial charge >= 0.3 is 0 Å². The summed E-state index contributed by atoms with van der Waals surface area (Å²) in [6.07, 6.45) is 2.99. The maximum absolute atomic E-state index is 10.4. The van der Waals surface area contributed by atoms with Crippen LogP contribution in [0.2, 0.25) is 0 Å². The summed E-state index contributed by atoms with van der Waals surface area (Å²) in [6.45, 7) is 15.0. The van der Waals surface area contributed by atoms with Crippen molar-refractivity contribution in [3.8, 4) is 11.5 Å². The zero-order chi connectivity index (χ0) is 20.3. The molecule has 0 saturated heterocycles. The highest BCUT2D eigenvalue weighted by molar-refractivity contribution is 5.51. The van der Waals surface area contributed by atoms with Gasteiger partial charge in [-0.2, -0.15) is 0 Å². The van der Waals surface area contributed by atoms with Gasteiger partial charge in [0, 0.05) is 5.92 Å². The molecule has 0 aliphatic heterocycles. The Labute approximate surface area is 165 Å². The molecule has 2 heteroatoms. The summed E-state index contributed by atoms with van der Waals surface area (Å²) in [5.74, 6) is 1.74. The Hall–Kier alpha value is -1.96. The molecule has 0 amide bonds. The molecule has 2 aromatic carbocycles. The van der Waals surface area contributed by atoms with E-state index in [0.717, 1.165) is 41.5 Å². The number of rotatable bonds is 7. The lowest BCUT2D eigenvalue weighted by molar-refractivity contribution is 0.460. The molecule has 2 N–H and O–H groups in total. The third kappa shape index (κ3) is 4.31. The zero-order valence-electron chi connectivity index (χ0n) is 18.1. The molecule has 0 aliphatic carbocycles. The Bertz CT molecular complexity index is 726. The Kier molecular flexibility index (Phi) is 6.97. The molecule has 0 aromatic heterocycles. The van der Waals surface area contributed by atoms with Gasteiger partial charge in [-0.05, 0) is 90.5 Å². The van der Waals surface area contributed by atoms with Crippen LogP contribution in [-0.4, -0.2) is 10.2 Å². The Morgan fingerprint density at radius 1 is 0.630 bits per heavy atom. The van der Waals surface area contributed by atoms with Crippen molar-refractivity contribution in [3.05, 3.63) is 57.6 Å². The van der Waals surface area contributed by atoms with E-state index in [4.69, 9.17) is 0 Å². The van der Waals surface area contributed by atoms with Crippen LogP contribution < -0.4 is 0 Å². The van der Waals surface area contributed by atoms with E-state index >= 15 is 0 Å². The third-order valence-electron chi connectivity index (χ3n) is 6.28. The summed E-state index contributed by atoms with van der Waals surface area (Å²) in [5.41, 5.74) is 6.90. The number of benzene rings is 2. The van der Waals surface area contributed by atoms with Crippen LogP contribution in [-0.2, 0) is 0 Å². The number of hydrogen-bond donors (Lipinski definition) is 2. The van der Waals surface area contributed by atoms with Gasteiger partial charge in [0.25, 0.3) is 0 Å². The Balaban J connectivity index is 2.64. The summed E-state index contributed by atoms with van der Waals surface area (Å²) in [6, 6.07) is 8.26. The lowest BCUT2D eigenvalue weighted by atomic mass is 9.80. The van der Waals surface area contributed by atoms with Crippen molar-refractivity contribution in [2.75, 3.05) is 0 Å². The number of aryl methyl sites for hydroxylation is 2. The molecule has 2 unspecified atom stereocenters. The first-order valence-corrected chi connectivity index (χ1v) is 10.4. The second kappa shape index (κ2) is 8.82. The van der Waals surface area contributed by atoms with Gasteiger partial charge in [0.1, 0.15) is 11.5 Å². The fourth-order valence-corrected chi connectivity index (χ4v) is 4.04.